The fourth-order valence-electron chi connectivity index (χ4n) is 1.83. The number of fused-ring (bicyclic) bond motifs is 1. The minimum absolute atomic E-state index is 0.0477. The van der Waals surface area contributed by atoms with Gasteiger partial charge in [0.2, 0.25) is 5.75 Å². The first-order chi connectivity index (χ1) is 9.08. The van der Waals surface area contributed by atoms with E-state index in [1.54, 1.807) is 0 Å². The van der Waals surface area contributed by atoms with Gasteiger partial charge in [-0.3, -0.25) is 5.11 Å². The zero-order valence-corrected chi connectivity index (χ0v) is 10.0. The van der Waals surface area contributed by atoms with Crippen LogP contribution in [0.5, 0.6) is 5.75 Å². The van der Waals surface area contributed by atoms with Crippen molar-refractivity contribution < 1.29 is 18.4 Å². The van der Waals surface area contributed by atoms with Gasteiger partial charge in [-0.15, -0.1) is 0 Å². The Morgan fingerprint density at radius 3 is 2.74 bits per heavy atom. The number of nitrogens with zero attached hydrogens (tertiary/aromatic N) is 1. The predicted octanol–water partition coefficient (Wildman–Crippen LogP) is 4.57. The van der Waals surface area contributed by atoms with Gasteiger partial charge in [0.1, 0.15) is 22.4 Å². The molecule has 2 aromatic carbocycles. The Kier molecular flexibility index (Phi) is 2.64. The highest BCUT2D eigenvalue weighted by Crippen LogP contribution is 2.37. The molecule has 0 fully saturated rings. The largest absolute Gasteiger partial charge is 0.354 e. The lowest BCUT2D eigenvalue weighted by Gasteiger charge is -2.00. The highest BCUT2D eigenvalue weighted by molar-refractivity contribution is 6.36. The molecule has 0 aliphatic carbocycles. The molecule has 3 aromatic rings. The Bertz CT molecular complexity index is 786. The molecule has 0 atom stereocenters. The average Bonchev–Trinajstić information content (AvgIpc) is 2.81. The molecule has 0 bridgehead atoms. The number of hydrogen-bond acceptors (Lipinski definition) is 2. The van der Waals surface area contributed by atoms with Gasteiger partial charge in [0.25, 0.3) is 0 Å². The second-order valence-corrected chi connectivity index (χ2v) is 4.29. The van der Waals surface area contributed by atoms with Crippen LogP contribution in [0, 0.1) is 11.6 Å². The van der Waals surface area contributed by atoms with Crippen molar-refractivity contribution in [2.24, 2.45) is 0 Å². The normalized spacial score (nSPS) is 11.1. The molecule has 1 heterocycles. The topological polar surface area (TPSA) is 45.9 Å². The molecule has 3 nitrogen and oxygen atoms in total. The van der Waals surface area contributed by atoms with Crippen molar-refractivity contribution >= 4 is 22.6 Å². The number of hydrogen-bond donors (Lipinski definition) is 0. The van der Waals surface area contributed by atoms with Crippen LogP contribution in [0.2, 0.25) is 5.02 Å². The molecular formula is C13H5ClF2NO2. The molecule has 0 N–H and O–H groups in total. The summed E-state index contributed by atoms with van der Waals surface area (Å²) in [6.45, 7) is 0. The van der Waals surface area contributed by atoms with Crippen LogP contribution in [-0.4, -0.2) is 5.16 Å². The standard InChI is InChI=1S/C13H5ClF2NO2/c14-11-10(18)4-2-7-12(17-19-13(7)11)8-5-6(15)1-3-9(8)16/h1-5H. The lowest BCUT2D eigenvalue weighted by atomic mass is 10.1. The van der Waals surface area contributed by atoms with Crippen molar-refractivity contribution in [3.8, 4) is 17.0 Å². The summed E-state index contributed by atoms with van der Waals surface area (Å²) in [7, 11) is 0. The van der Waals surface area contributed by atoms with E-state index in [0.29, 0.717) is 5.39 Å². The first-order valence-corrected chi connectivity index (χ1v) is 5.66. The van der Waals surface area contributed by atoms with Crippen molar-refractivity contribution in [2.45, 2.75) is 0 Å². The number of benzene rings is 2. The molecule has 95 valence electrons. The maximum absolute atomic E-state index is 13.7. The van der Waals surface area contributed by atoms with Crippen LogP contribution in [0.25, 0.3) is 22.2 Å². The van der Waals surface area contributed by atoms with Gasteiger partial charge in [0.05, 0.1) is 5.39 Å². The van der Waals surface area contributed by atoms with Crippen LogP contribution in [0.4, 0.5) is 8.78 Å². The van der Waals surface area contributed by atoms with E-state index in [1.807, 2.05) is 0 Å². The zero-order chi connectivity index (χ0) is 13.6. The van der Waals surface area contributed by atoms with Crippen LogP contribution in [-0.2, 0) is 5.11 Å². The van der Waals surface area contributed by atoms with Gasteiger partial charge in [-0.2, -0.15) is 0 Å². The summed E-state index contributed by atoms with van der Waals surface area (Å²) in [5.41, 5.74) is 0.121. The Balaban J connectivity index is 2.32. The molecule has 1 radical (unpaired) electrons. The summed E-state index contributed by atoms with van der Waals surface area (Å²) in [6.07, 6.45) is 0. The fraction of sp³-hybridized carbons (Fsp3) is 0. The smallest absolute Gasteiger partial charge is 0.201 e. The third-order valence-electron chi connectivity index (χ3n) is 2.73. The van der Waals surface area contributed by atoms with E-state index < -0.39 is 17.4 Å². The summed E-state index contributed by atoms with van der Waals surface area (Å²) in [6, 6.07) is 5.65. The molecular weight excluding hydrogens is 276 g/mol. The maximum Gasteiger partial charge on any atom is 0.201 e. The van der Waals surface area contributed by atoms with Gasteiger partial charge in [-0.05, 0) is 30.3 Å². The SMILES string of the molecule is [O]c1ccc2c(-c3cc(F)ccc3F)noc2c1Cl. The zero-order valence-electron chi connectivity index (χ0n) is 9.28. The van der Waals surface area contributed by atoms with Gasteiger partial charge in [0.15, 0.2) is 5.58 Å². The fourth-order valence-corrected chi connectivity index (χ4v) is 2.03. The first-order valence-electron chi connectivity index (χ1n) is 5.28. The molecule has 0 aliphatic heterocycles. The average molecular weight is 281 g/mol. The van der Waals surface area contributed by atoms with Crippen LogP contribution in [0.1, 0.15) is 0 Å². The van der Waals surface area contributed by atoms with Crippen LogP contribution < -0.4 is 0 Å². The highest BCUT2D eigenvalue weighted by atomic mass is 35.5. The molecule has 0 saturated heterocycles. The minimum atomic E-state index is -0.640. The molecule has 0 aliphatic rings. The maximum atomic E-state index is 13.7. The van der Waals surface area contributed by atoms with E-state index in [1.165, 1.54) is 12.1 Å². The van der Waals surface area contributed by atoms with Gasteiger partial charge in [-0.1, -0.05) is 16.8 Å². The molecule has 19 heavy (non-hydrogen) atoms. The van der Waals surface area contributed by atoms with Crippen molar-refractivity contribution in [3.63, 3.8) is 0 Å². The third kappa shape index (κ3) is 1.82. The van der Waals surface area contributed by atoms with Crippen molar-refractivity contribution in [3.05, 3.63) is 47.0 Å². The molecule has 1 aromatic heterocycles. The van der Waals surface area contributed by atoms with Gasteiger partial charge >= 0.3 is 0 Å². The highest BCUT2D eigenvalue weighted by Gasteiger charge is 2.18. The second-order valence-electron chi connectivity index (χ2n) is 3.91. The van der Waals surface area contributed by atoms with E-state index in [2.05, 4.69) is 5.16 Å². The molecule has 0 saturated carbocycles. The lowest BCUT2D eigenvalue weighted by Crippen LogP contribution is -1.86. The lowest BCUT2D eigenvalue weighted by molar-refractivity contribution is 0.354. The second kappa shape index (κ2) is 4.20. The Morgan fingerprint density at radius 2 is 1.95 bits per heavy atom. The summed E-state index contributed by atoms with van der Waals surface area (Å²) in [5, 5.41) is 15.2. The van der Waals surface area contributed by atoms with E-state index in [9.17, 15) is 13.9 Å². The number of rotatable bonds is 1. The van der Waals surface area contributed by atoms with E-state index >= 15 is 0 Å². The predicted molar refractivity (Wildman–Crippen MR) is 64.5 cm³/mol. The van der Waals surface area contributed by atoms with Crippen molar-refractivity contribution in [1.82, 2.24) is 5.16 Å². The Labute approximate surface area is 111 Å². The Hall–Kier alpha value is -2.14. The van der Waals surface area contributed by atoms with Gasteiger partial charge < -0.3 is 4.52 Å². The van der Waals surface area contributed by atoms with E-state index in [0.717, 1.165) is 18.2 Å². The molecule has 3 rings (SSSR count). The van der Waals surface area contributed by atoms with Gasteiger partial charge in [-0.25, -0.2) is 8.78 Å². The number of aromatic nitrogens is 1. The van der Waals surface area contributed by atoms with Crippen molar-refractivity contribution in [1.29, 1.82) is 0 Å². The molecule has 0 spiro atoms. The van der Waals surface area contributed by atoms with Crippen LogP contribution in [0.15, 0.2) is 34.9 Å². The summed E-state index contributed by atoms with van der Waals surface area (Å²) >= 11 is 5.78. The summed E-state index contributed by atoms with van der Waals surface area (Å²) < 4.78 is 31.8. The monoisotopic (exact) mass is 280 g/mol. The molecule has 0 amide bonds. The van der Waals surface area contributed by atoms with E-state index in [4.69, 9.17) is 16.1 Å². The van der Waals surface area contributed by atoms with Crippen molar-refractivity contribution in [2.75, 3.05) is 0 Å². The molecule has 6 heteroatoms. The van der Waals surface area contributed by atoms with Gasteiger partial charge in [0, 0.05) is 5.56 Å². The summed E-state index contributed by atoms with van der Waals surface area (Å²) in [4.78, 5) is 0. The minimum Gasteiger partial charge on any atom is -0.354 e. The van der Waals surface area contributed by atoms with Crippen LogP contribution in [0.3, 0.4) is 0 Å². The number of halogens is 3. The first kappa shape index (κ1) is 11.9. The third-order valence-corrected chi connectivity index (χ3v) is 3.09. The van der Waals surface area contributed by atoms with Crippen LogP contribution >= 0.6 is 11.6 Å². The Morgan fingerprint density at radius 1 is 1.16 bits per heavy atom. The molecule has 0 unspecified atom stereocenters. The summed E-state index contributed by atoms with van der Waals surface area (Å²) in [5.74, 6) is -1.66. The quantitative estimate of drug-likeness (QED) is 0.655. The van der Waals surface area contributed by atoms with E-state index in [-0.39, 0.29) is 21.9 Å².